The van der Waals surface area contributed by atoms with Crippen molar-refractivity contribution in [3.63, 3.8) is 0 Å². The quantitative estimate of drug-likeness (QED) is 0.512. The van der Waals surface area contributed by atoms with Crippen LogP contribution in [0.3, 0.4) is 0 Å². The highest BCUT2D eigenvalue weighted by atomic mass is 32.2. The van der Waals surface area contributed by atoms with Gasteiger partial charge in [-0.2, -0.15) is 18.4 Å². The Morgan fingerprint density at radius 3 is 2.68 bits per heavy atom. The van der Waals surface area contributed by atoms with Crippen molar-refractivity contribution in [3.8, 4) is 6.07 Å². The van der Waals surface area contributed by atoms with Crippen LogP contribution in [0.15, 0.2) is 18.2 Å². The zero-order valence-electron chi connectivity index (χ0n) is 9.40. The Morgan fingerprint density at radius 2 is 2.16 bits per heavy atom. The van der Waals surface area contributed by atoms with Gasteiger partial charge in [-0.05, 0) is 23.9 Å². The predicted molar refractivity (Wildman–Crippen MR) is 64.8 cm³/mol. The van der Waals surface area contributed by atoms with Crippen LogP contribution >= 0.6 is 11.8 Å². The molecule has 0 unspecified atom stereocenters. The number of nitrogens with zero attached hydrogens (tertiary/aromatic N) is 2. The second kappa shape index (κ2) is 6.29. The van der Waals surface area contributed by atoms with Crippen molar-refractivity contribution in [2.75, 3.05) is 17.6 Å². The number of alkyl halides is 3. The second-order valence-electron chi connectivity index (χ2n) is 3.32. The van der Waals surface area contributed by atoms with Crippen molar-refractivity contribution in [1.82, 2.24) is 0 Å². The monoisotopic (exact) mass is 291 g/mol. The number of nitriles is 1. The van der Waals surface area contributed by atoms with Crippen molar-refractivity contribution in [2.24, 2.45) is 0 Å². The predicted octanol–water partition coefficient (Wildman–Crippen LogP) is 3.13. The zero-order valence-corrected chi connectivity index (χ0v) is 10.2. The van der Waals surface area contributed by atoms with Crippen molar-refractivity contribution in [3.05, 3.63) is 33.9 Å². The first kappa shape index (κ1) is 15.1. The maximum Gasteiger partial charge on any atom is 0.441 e. The van der Waals surface area contributed by atoms with Crippen LogP contribution in [-0.4, -0.2) is 22.7 Å². The lowest BCUT2D eigenvalue weighted by molar-refractivity contribution is -0.385. The summed E-state index contributed by atoms with van der Waals surface area (Å²) < 4.78 is 35.6. The van der Waals surface area contributed by atoms with Crippen LogP contribution in [-0.2, 0) is 0 Å². The molecule has 0 bridgehead atoms. The van der Waals surface area contributed by atoms with E-state index < -0.39 is 10.4 Å². The van der Waals surface area contributed by atoms with E-state index in [4.69, 9.17) is 5.26 Å². The molecule has 0 radical (unpaired) electrons. The van der Waals surface area contributed by atoms with Crippen LogP contribution in [0.2, 0.25) is 0 Å². The fraction of sp³-hybridized carbons (Fsp3) is 0.300. The van der Waals surface area contributed by atoms with Gasteiger partial charge >= 0.3 is 5.51 Å². The molecule has 0 atom stereocenters. The molecule has 0 aromatic heterocycles. The molecule has 0 aliphatic carbocycles. The summed E-state index contributed by atoms with van der Waals surface area (Å²) >= 11 is -0.178. The van der Waals surface area contributed by atoms with E-state index in [1.54, 1.807) is 6.07 Å². The summed E-state index contributed by atoms with van der Waals surface area (Å²) in [6, 6.07) is 5.44. The molecule has 0 fully saturated rings. The van der Waals surface area contributed by atoms with E-state index in [1.165, 1.54) is 12.1 Å². The molecule has 5 nitrogen and oxygen atoms in total. The van der Waals surface area contributed by atoms with Crippen LogP contribution in [0, 0.1) is 21.4 Å². The number of hydrogen-bond donors (Lipinski definition) is 1. The van der Waals surface area contributed by atoms with Crippen molar-refractivity contribution in [2.45, 2.75) is 5.51 Å². The summed E-state index contributed by atoms with van der Waals surface area (Å²) in [6.07, 6.45) is 0. The van der Waals surface area contributed by atoms with Gasteiger partial charge in [0.15, 0.2) is 0 Å². The van der Waals surface area contributed by atoms with Gasteiger partial charge in [0.1, 0.15) is 11.6 Å². The summed E-state index contributed by atoms with van der Waals surface area (Å²) in [6.45, 7) is 0.00717. The largest absolute Gasteiger partial charge is 0.441 e. The fourth-order valence-corrected chi connectivity index (χ4v) is 1.68. The third-order valence-electron chi connectivity index (χ3n) is 2.01. The molecule has 0 saturated carbocycles. The fourth-order valence-electron chi connectivity index (χ4n) is 1.25. The molecule has 0 aliphatic rings. The minimum Gasteiger partial charge on any atom is -0.384 e. The van der Waals surface area contributed by atoms with Gasteiger partial charge < -0.3 is 5.32 Å². The van der Waals surface area contributed by atoms with Gasteiger partial charge in [-0.25, -0.2) is 0 Å². The maximum absolute atomic E-state index is 11.9. The lowest BCUT2D eigenvalue weighted by atomic mass is 10.2. The van der Waals surface area contributed by atoms with E-state index in [0.717, 1.165) is 6.07 Å². The third-order valence-corrected chi connectivity index (χ3v) is 2.75. The normalized spacial score (nSPS) is 10.8. The van der Waals surface area contributed by atoms with Gasteiger partial charge in [0.25, 0.3) is 5.69 Å². The van der Waals surface area contributed by atoms with E-state index in [9.17, 15) is 23.3 Å². The van der Waals surface area contributed by atoms with Crippen LogP contribution in [0.5, 0.6) is 0 Å². The number of nitrogens with one attached hydrogen (secondary N) is 1. The maximum atomic E-state index is 11.9. The van der Waals surface area contributed by atoms with Crippen molar-refractivity contribution >= 4 is 23.1 Å². The van der Waals surface area contributed by atoms with Crippen molar-refractivity contribution < 1.29 is 18.1 Å². The van der Waals surface area contributed by atoms with Crippen LogP contribution < -0.4 is 5.32 Å². The Balaban J connectivity index is 2.63. The number of rotatable bonds is 5. The molecule has 9 heteroatoms. The van der Waals surface area contributed by atoms with Gasteiger partial charge in [0, 0.05) is 24.1 Å². The third kappa shape index (κ3) is 5.05. The molecule has 0 saturated heterocycles. The Labute approximate surface area is 110 Å². The first-order chi connectivity index (χ1) is 8.83. The highest BCUT2D eigenvalue weighted by Gasteiger charge is 2.27. The molecule has 19 heavy (non-hydrogen) atoms. The molecule has 1 rings (SSSR count). The van der Waals surface area contributed by atoms with E-state index in [1.807, 2.05) is 0 Å². The number of anilines is 1. The first-order valence-corrected chi connectivity index (χ1v) is 5.95. The molecule has 1 aromatic rings. The SMILES string of the molecule is N#Cc1ccc(NCCSC(F)(F)F)cc1[N+](=O)[O-]. The molecule has 1 aromatic carbocycles. The summed E-state index contributed by atoms with van der Waals surface area (Å²) in [5, 5.41) is 22.0. The van der Waals surface area contributed by atoms with Gasteiger partial charge in [-0.3, -0.25) is 10.1 Å². The van der Waals surface area contributed by atoms with Crippen molar-refractivity contribution in [1.29, 1.82) is 5.26 Å². The molecule has 0 heterocycles. The highest BCUT2D eigenvalue weighted by molar-refractivity contribution is 8.00. The summed E-state index contributed by atoms with van der Waals surface area (Å²) in [4.78, 5) is 9.95. The van der Waals surface area contributed by atoms with Gasteiger partial charge in [-0.1, -0.05) is 0 Å². The minimum atomic E-state index is -4.29. The van der Waals surface area contributed by atoms with Gasteiger partial charge in [0.2, 0.25) is 0 Å². The molecule has 102 valence electrons. The van der Waals surface area contributed by atoms with E-state index in [2.05, 4.69) is 5.32 Å². The number of nitro benzene ring substituents is 1. The molecular formula is C10H8F3N3O2S. The van der Waals surface area contributed by atoms with E-state index in [-0.39, 0.29) is 35.3 Å². The average Bonchev–Trinajstić information content (AvgIpc) is 2.33. The topological polar surface area (TPSA) is 79.0 Å². The smallest absolute Gasteiger partial charge is 0.384 e. The average molecular weight is 291 g/mol. The van der Waals surface area contributed by atoms with Gasteiger partial charge in [0.05, 0.1) is 4.92 Å². The van der Waals surface area contributed by atoms with Gasteiger partial charge in [-0.15, -0.1) is 0 Å². The molecule has 0 spiro atoms. The molecule has 1 N–H and O–H groups in total. The molecule has 0 aliphatic heterocycles. The standard InChI is InChI=1S/C10H8F3N3O2S/c11-10(12,13)19-4-3-15-8-2-1-7(6-14)9(5-8)16(17)18/h1-2,5,15H,3-4H2. The lowest BCUT2D eigenvalue weighted by Crippen LogP contribution is -2.09. The summed E-state index contributed by atoms with van der Waals surface area (Å²) in [5.74, 6) is -0.211. The van der Waals surface area contributed by atoms with Crippen LogP contribution in [0.4, 0.5) is 24.5 Å². The lowest BCUT2D eigenvalue weighted by Gasteiger charge is -2.08. The van der Waals surface area contributed by atoms with Crippen LogP contribution in [0.25, 0.3) is 0 Å². The summed E-state index contributed by atoms with van der Waals surface area (Å²) in [5.41, 5.74) is -4.47. The summed E-state index contributed by atoms with van der Waals surface area (Å²) in [7, 11) is 0. The Kier molecular flexibility index (Phi) is 5.00. The first-order valence-electron chi connectivity index (χ1n) is 4.96. The highest BCUT2D eigenvalue weighted by Crippen LogP contribution is 2.29. The molecular weight excluding hydrogens is 283 g/mol. The number of benzene rings is 1. The molecule has 0 amide bonds. The number of nitro groups is 1. The Morgan fingerprint density at radius 1 is 1.47 bits per heavy atom. The van der Waals surface area contributed by atoms with Crippen LogP contribution in [0.1, 0.15) is 5.56 Å². The number of halogens is 3. The van der Waals surface area contributed by atoms with E-state index in [0.29, 0.717) is 5.69 Å². The number of hydrogen-bond acceptors (Lipinski definition) is 5. The number of thioether (sulfide) groups is 1. The minimum absolute atomic E-state index is 0.00717. The Hall–Kier alpha value is -1.95. The second-order valence-corrected chi connectivity index (χ2v) is 4.48. The van der Waals surface area contributed by atoms with E-state index >= 15 is 0 Å². The zero-order chi connectivity index (χ0) is 14.5. The Bertz CT molecular complexity index is 514.